The number of nitrogens with zero attached hydrogens (tertiary/aromatic N) is 3. The van der Waals surface area contributed by atoms with Crippen molar-refractivity contribution >= 4 is 11.7 Å². The van der Waals surface area contributed by atoms with Gasteiger partial charge in [-0.15, -0.1) is 0 Å². The molecular weight excluding hydrogens is 246 g/mol. The molecule has 1 aromatic heterocycles. The van der Waals surface area contributed by atoms with Crippen LogP contribution in [0.4, 0.5) is 5.69 Å². The molecule has 0 aromatic carbocycles. The topological polar surface area (TPSA) is 64.4 Å². The highest BCUT2D eigenvalue weighted by molar-refractivity contribution is 5.68. The smallest absolute Gasteiger partial charge is 0.327 e. The highest BCUT2D eigenvalue weighted by atomic mass is 16.5. The molecule has 2 rings (SSSR count). The summed E-state index contributed by atoms with van der Waals surface area (Å²) >= 11 is 0. The summed E-state index contributed by atoms with van der Waals surface area (Å²) in [6.07, 6.45) is 4.00. The molecule has 2 heterocycles. The molecule has 1 fully saturated rings. The molecule has 6 nitrogen and oxygen atoms in total. The first kappa shape index (κ1) is 13.6. The summed E-state index contributed by atoms with van der Waals surface area (Å²) in [7, 11) is 1.29. The second-order valence-electron chi connectivity index (χ2n) is 4.98. The zero-order valence-electron chi connectivity index (χ0n) is 11.3. The van der Waals surface area contributed by atoms with E-state index in [2.05, 4.69) is 21.7 Å². The Labute approximate surface area is 112 Å². The summed E-state index contributed by atoms with van der Waals surface area (Å²) in [5, 5.41) is 4.03. The van der Waals surface area contributed by atoms with Crippen LogP contribution in [-0.4, -0.2) is 35.9 Å². The third-order valence-electron chi connectivity index (χ3n) is 3.38. The molecule has 1 aliphatic heterocycles. The molecule has 19 heavy (non-hydrogen) atoms. The normalized spacial score (nSPS) is 19.3. The predicted octanol–water partition coefficient (Wildman–Crippen LogP) is 0.653. The number of piperidine rings is 1. The van der Waals surface area contributed by atoms with Crippen molar-refractivity contribution in [3.8, 4) is 0 Å². The first-order valence-corrected chi connectivity index (χ1v) is 6.49. The van der Waals surface area contributed by atoms with E-state index in [4.69, 9.17) is 0 Å². The van der Waals surface area contributed by atoms with Gasteiger partial charge in [-0.3, -0.25) is 9.59 Å². The monoisotopic (exact) mass is 265 g/mol. The minimum absolute atomic E-state index is 0.147. The number of carbonyl (C=O) groups is 1. The molecule has 0 radical (unpaired) electrons. The van der Waals surface area contributed by atoms with Crippen LogP contribution in [0.15, 0.2) is 17.1 Å². The second kappa shape index (κ2) is 5.86. The van der Waals surface area contributed by atoms with E-state index in [1.54, 1.807) is 6.20 Å². The minimum Gasteiger partial charge on any atom is -0.468 e. The number of methoxy groups -OCH3 is 1. The van der Waals surface area contributed by atoms with Crippen LogP contribution < -0.4 is 10.5 Å². The van der Waals surface area contributed by atoms with Crippen molar-refractivity contribution in [3.63, 3.8) is 0 Å². The molecule has 1 saturated heterocycles. The van der Waals surface area contributed by atoms with Crippen molar-refractivity contribution in [2.75, 3.05) is 25.1 Å². The van der Waals surface area contributed by atoms with E-state index >= 15 is 0 Å². The molecule has 1 unspecified atom stereocenters. The average Bonchev–Trinajstić information content (AvgIpc) is 2.41. The van der Waals surface area contributed by atoms with Gasteiger partial charge in [0.15, 0.2) is 0 Å². The van der Waals surface area contributed by atoms with Gasteiger partial charge in [0.05, 0.1) is 19.0 Å². The number of aromatic nitrogens is 2. The van der Waals surface area contributed by atoms with Crippen LogP contribution in [0.3, 0.4) is 0 Å². The summed E-state index contributed by atoms with van der Waals surface area (Å²) < 4.78 is 5.63. The van der Waals surface area contributed by atoms with Crippen LogP contribution in [0.25, 0.3) is 0 Å². The lowest BCUT2D eigenvalue weighted by Crippen LogP contribution is -2.36. The van der Waals surface area contributed by atoms with Crippen LogP contribution >= 0.6 is 0 Å². The largest absolute Gasteiger partial charge is 0.468 e. The van der Waals surface area contributed by atoms with Gasteiger partial charge in [-0.1, -0.05) is 6.92 Å². The van der Waals surface area contributed by atoms with E-state index in [0.717, 1.165) is 29.9 Å². The fourth-order valence-electron chi connectivity index (χ4n) is 2.33. The van der Waals surface area contributed by atoms with E-state index in [9.17, 15) is 9.59 Å². The third kappa shape index (κ3) is 3.33. The van der Waals surface area contributed by atoms with Gasteiger partial charge < -0.3 is 9.64 Å². The molecule has 1 aliphatic rings. The molecule has 1 atom stereocenters. The van der Waals surface area contributed by atoms with Gasteiger partial charge in [0, 0.05) is 19.2 Å². The number of ether oxygens (including phenoxy) is 1. The first-order valence-electron chi connectivity index (χ1n) is 6.49. The summed E-state index contributed by atoms with van der Waals surface area (Å²) in [5.74, 6) is 0.153. The number of rotatable bonds is 3. The number of esters is 1. The van der Waals surface area contributed by atoms with Gasteiger partial charge in [-0.2, -0.15) is 5.10 Å². The highest BCUT2D eigenvalue weighted by Crippen LogP contribution is 2.20. The average molecular weight is 265 g/mol. The Balaban J connectivity index is 2.14. The van der Waals surface area contributed by atoms with Gasteiger partial charge in [-0.05, 0) is 18.8 Å². The fourth-order valence-corrected chi connectivity index (χ4v) is 2.33. The van der Waals surface area contributed by atoms with Crippen molar-refractivity contribution in [1.29, 1.82) is 0 Å². The van der Waals surface area contributed by atoms with Crippen LogP contribution in [0, 0.1) is 5.92 Å². The van der Waals surface area contributed by atoms with Crippen LogP contribution in [0.5, 0.6) is 0 Å². The van der Waals surface area contributed by atoms with E-state index in [1.807, 2.05) is 0 Å². The van der Waals surface area contributed by atoms with E-state index in [1.165, 1.54) is 19.6 Å². The molecule has 1 aromatic rings. The molecule has 0 saturated carbocycles. The van der Waals surface area contributed by atoms with Gasteiger partial charge in [0.1, 0.15) is 6.54 Å². The highest BCUT2D eigenvalue weighted by Gasteiger charge is 2.17. The number of hydrogen-bond acceptors (Lipinski definition) is 5. The third-order valence-corrected chi connectivity index (χ3v) is 3.38. The molecule has 104 valence electrons. The van der Waals surface area contributed by atoms with Crippen molar-refractivity contribution < 1.29 is 9.53 Å². The van der Waals surface area contributed by atoms with Gasteiger partial charge in [-0.25, -0.2) is 4.68 Å². The summed E-state index contributed by atoms with van der Waals surface area (Å²) in [5.41, 5.74) is 0.554. The van der Waals surface area contributed by atoms with E-state index < -0.39 is 5.97 Å². The number of carbonyl (C=O) groups excluding carboxylic acids is 1. The van der Waals surface area contributed by atoms with Gasteiger partial charge in [0.2, 0.25) is 0 Å². The van der Waals surface area contributed by atoms with Crippen molar-refractivity contribution in [3.05, 3.63) is 22.6 Å². The summed E-state index contributed by atoms with van der Waals surface area (Å²) in [6, 6.07) is 1.54. The fraction of sp³-hybridized carbons (Fsp3) is 0.615. The minimum atomic E-state index is -0.478. The van der Waals surface area contributed by atoms with Crippen molar-refractivity contribution in [2.24, 2.45) is 5.92 Å². The Kier molecular flexibility index (Phi) is 4.19. The summed E-state index contributed by atoms with van der Waals surface area (Å²) in [6.45, 7) is 3.96. The van der Waals surface area contributed by atoms with Crippen molar-refractivity contribution in [1.82, 2.24) is 9.78 Å². The van der Waals surface area contributed by atoms with Gasteiger partial charge in [0.25, 0.3) is 5.56 Å². The SMILES string of the molecule is COC(=O)Cn1ncc(N2CCCC(C)C2)cc1=O. The Morgan fingerprint density at radius 1 is 1.58 bits per heavy atom. The molecule has 0 spiro atoms. The lowest BCUT2D eigenvalue weighted by atomic mass is 10.00. The van der Waals surface area contributed by atoms with Crippen LogP contribution in [0.2, 0.25) is 0 Å². The first-order chi connectivity index (χ1) is 9.10. The van der Waals surface area contributed by atoms with E-state index in [-0.39, 0.29) is 12.1 Å². The Morgan fingerprint density at radius 3 is 3.00 bits per heavy atom. The maximum absolute atomic E-state index is 11.9. The standard InChI is InChI=1S/C13H19N3O3/c1-10-4-3-5-15(8-10)11-6-12(17)16(14-7-11)9-13(18)19-2/h6-7,10H,3-5,8-9H2,1-2H3. The molecule has 0 N–H and O–H groups in total. The second-order valence-corrected chi connectivity index (χ2v) is 4.98. The molecule has 0 amide bonds. The Bertz CT molecular complexity index is 512. The Hall–Kier alpha value is -1.85. The zero-order chi connectivity index (χ0) is 13.8. The molecule has 0 bridgehead atoms. The number of anilines is 1. The number of hydrogen-bond donors (Lipinski definition) is 0. The lowest BCUT2D eigenvalue weighted by Gasteiger charge is -2.32. The summed E-state index contributed by atoms with van der Waals surface area (Å²) in [4.78, 5) is 25.2. The maximum atomic E-state index is 11.9. The molecular formula is C13H19N3O3. The lowest BCUT2D eigenvalue weighted by molar-refractivity contribution is -0.141. The van der Waals surface area contributed by atoms with Crippen molar-refractivity contribution in [2.45, 2.75) is 26.3 Å². The molecule has 6 heteroatoms. The van der Waals surface area contributed by atoms with Gasteiger partial charge >= 0.3 is 5.97 Å². The maximum Gasteiger partial charge on any atom is 0.327 e. The van der Waals surface area contributed by atoms with Crippen LogP contribution in [-0.2, 0) is 16.1 Å². The van der Waals surface area contributed by atoms with E-state index in [0.29, 0.717) is 5.92 Å². The zero-order valence-corrected chi connectivity index (χ0v) is 11.3. The van der Waals surface area contributed by atoms with Crippen LogP contribution in [0.1, 0.15) is 19.8 Å². The predicted molar refractivity (Wildman–Crippen MR) is 71.1 cm³/mol. The molecule has 0 aliphatic carbocycles. The Morgan fingerprint density at radius 2 is 2.37 bits per heavy atom. The quantitative estimate of drug-likeness (QED) is 0.751.